The van der Waals surface area contributed by atoms with E-state index in [9.17, 15) is 18.0 Å². The molecule has 2 nitrogen and oxygen atoms in total. The number of halogens is 3. The minimum absolute atomic E-state index is 0.351. The van der Waals surface area contributed by atoms with Crippen molar-refractivity contribution in [3.63, 3.8) is 0 Å². The monoisotopic (exact) mass is 271 g/mol. The lowest BCUT2D eigenvalue weighted by Crippen LogP contribution is -2.34. The normalized spacial score (nSPS) is 22.7. The van der Waals surface area contributed by atoms with Gasteiger partial charge in [-0.1, -0.05) is 13.3 Å². The summed E-state index contributed by atoms with van der Waals surface area (Å²) in [5, 5.41) is 3.08. The Hall–Kier alpha value is -1.36. The predicted octanol–water partition coefficient (Wildman–Crippen LogP) is 3.07. The highest BCUT2D eigenvalue weighted by molar-refractivity contribution is 6.01. The Labute approximate surface area is 110 Å². The van der Waals surface area contributed by atoms with Gasteiger partial charge in [0.15, 0.2) is 23.2 Å². The number of ketones is 1. The molecule has 1 aliphatic rings. The third-order valence-corrected chi connectivity index (χ3v) is 3.73. The molecule has 1 aliphatic heterocycles. The van der Waals surface area contributed by atoms with Gasteiger partial charge < -0.3 is 5.32 Å². The molecule has 1 aromatic rings. The highest BCUT2D eigenvalue weighted by Gasteiger charge is 2.42. The summed E-state index contributed by atoms with van der Waals surface area (Å²) < 4.78 is 39.9. The zero-order chi connectivity index (χ0) is 14.0. The smallest absolute Gasteiger partial charge is 0.195 e. The van der Waals surface area contributed by atoms with Crippen LogP contribution in [0.2, 0.25) is 0 Å². The van der Waals surface area contributed by atoms with Gasteiger partial charge in [-0.15, -0.1) is 0 Å². The van der Waals surface area contributed by atoms with Crippen LogP contribution in [0.1, 0.15) is 36.5 Å². The summed E-state index contributed by atoms with van der Waals surface area (Å²) in [4.78, 5) is 12.5. The Kier molecular flexibility index (Phi) is 3.94. The van der Waals surface area contributed by atoms with Crippen LogP contribution in [-0.4, -0.2) is 18.9 Å². The van der Waals surface area contributed by atoms with Gasteiger partial charge in [0.25, 0.3) is 0 Å². The highest BCUT2D eigenvalue weighted by Crippen LogP contribution is 2.36. The minimum Gasteiger partial charge on any atom is -0.316 e. The first-order valence-corrected chi connectivity index (χ1v) is 6.41. The maximum atomic E-state index is 13.7. The number of hydrogen-bond acceptors (Lipinski definition) is 2. The fourth-order valence-corrected chi connectivity index (χ4v) is 2.73. The second-order valence-electron chi connectivity index (χ2n) is 5.01. The summed E-state index contributed by atoms with van der Waals surface area (Å²) in [5.41, 5.74) is -1.05. The lowest BCUT2D eigenvalue weighted by molar-refractivity contribution is 0.0796. The van der Waals surface area contributed by atoms with Crippen molar-refractivity contribution in [2.45, 2.75) is 26.2 Å². The van der Waals surface area contributed by atoms with Crippen LogP contribution in [0.4, 0.5) is 13.2 Å². The molecule has 5 heteroatoms. The van der Waals surface area contributed by atoms with E-state index in [1.807, 2.05) is 6.92 Å². The molecule has 1 fully saturated rings. The Morgan fingerprint density at radius 3 is 2.63 bits per heavy atom. The van der Waals surface area contributed by atoms with Gasteiger partial charge in [0.05, 0.1) is 5.56 Å². The van der Waals surface area contributed by atoms with E-state index >= 15 is 0 Å². The maximum absolute atomic E-state index is 13.7. The summed E-state index contributed by atoms with van der Waals surface area (Å²) in [6.07, 6.45) is 1.98. The fraction of sp³-hybridized carbons (Fsp3) is 0.500. The number of Topliss-reactive ketones (excluding diaryl/α,β-unsaturated/α-hetero) is 1. The molecule has 0 aromatic heterocycles. The Bertz CT molecular complexity index is 496. The topological polar surface area (TPSA) is 29.1 Å². The molecular formula is C14H16F3NO. The fourth-order valence-electron chi connectivity index (χ4n) is 2.73. The molecule has 2 rings (SSSR count). The van der Waals surface area contributed by atoms with Crippen LogP contribution in [-0.2, 0) is 0 Å². The van der Waals surface area contributed by atoms with Gasteiger partial charge in [-0.3, -0.25) is 4.79 Å². The second kappa shape index (κ2) is 5.33. The van der Waals surface area contributed by atoms with Crippen LogP contribution in [0, 0.1) is 22.9 Å². The van der Waals surface area contributed by atoms with Gasteiger partial charge in [-0.05, 0) is 31.5 Å². The van der Waals surface area contributed by atoms with E-state index in [1.54, 1.807) is 0 Å². The van der Waals surface area contributed by atoms with Crippen molar-refractivity contribution in [1.82, 2.24) is 5.32 Å². The van der Waals surface area contributed by atoms with Gasteiger partial charge >= 0.3 is 0 Å². The van der Waals surface area contributed by atoms with Gasteiger partial charge in [0, 0.05) is 12.0 Å². The number of carbonyl (C=O) groups excluding carboxylic acids is 1. The van der Waals surface area contributed by atoms with Crippen LogP contribution in [0.3, 0.4) is 0 Å². The Morgan fingerprint density at radius 2 is 2.05 bits per heavy atom. The van der Waals surface area contributed by atoms with E-state index in [0.29, 0.717) is 25.9 Å². The Balaban J connectivity index is 2.40. The summed E-state index contributed by atoms with van der Waals surface area (Å²) in [7, 11) is 0. The van der Waals surface area contributed by atoms with E-state index < -0.39 is 28.6 Å². The maximum Gasteiger partial charge on any atom is 0.195 e. The third-order valence-electron chi connectivity index (χ3n) is 3.73. The first-order valence-electron chi connectivity index (χ1n) is 6.41. The molecule has 0 amide bonds. The molecule has 0 saturated carbocycles. The molecule has 1 atom stereocenters. The minimum atomic E-state index is -1.58. The molecule has 1 aromatic carbocycles. The number of hydrogen-bond donors (Lipinski definition) is 1. The van der Waals surface area contributed by atoms with Crippen molar-refractivity contribution in [1.29, 1.82) is 0 Å². The molecule has 0 bridgehead atoms. The first-order chi connectivity index (χ1) is 9.02. The van der Waals surface area contributed by atoms with Gasteiger partial charge in [-0.25, -0.2) is 13.2 Å². The van der Waals surface area contributed by atoms with Crippen molar-refractivity contribution >= 4 is 5.78 Å². The molecular weight excluding hydrogens is 255 g/mol. The SMILES string of the molecule is CCCC1(C(=O)c2ccc(F)c(F)c2F)CCNC1. The van der Waals surface area contributed by atoms with Gasteiger partial charge in [-0.2, -0.15) is 0 Å². The van der Waals surface area contributed by atoms with Crippen molar-refractivity contribution in [2.75, 3.05) is 13.1 Å². The molecule has 104 valence electrons. The van der Waals surface area contributed by atoms with Crippen molar-refractivity contribution < 1.29 is 18.0 Å². The van der Waals surface area contributed by atoms with Crippen molar-refractivity contribution in [2.24, 2.45) is 5.41 Å². The largest absolute Gasteiger partial charge is 0.316 e. The highest BCUT2D eigenvalue weighted by atomic mass is 19.2. The molecule has 0 radical (unpaired) electrons. The first kappa shape index (κ1) is 14.1. The molecule has 1 N–H and O–H groups in total. The zero-order valence-electron chi connectivity index (χ0n) is 10.7. The lowest BCUT2D eigenvalue weighted by atomic mass is 9.76. The van der Waals surface area contributed by atoms with E-state index in [2.05, 4.69) is 5.32 Å². The van der Waals surface area contributed by atoms with Crippen LogP contribution >= 0.6 is 0 Å². The van der Waals surface area contributed by atoms with Crippen LogP contribution < -0.4 is 5.32 Å². The third kappa shape index (κ3) is 2.39. The molecule has 0 spiro atoms. The molecule has 1 heterocycles. The van der Waals surface area contributed by atoms with Crippen molar-refractivity contribution in [3.8, 4) is 0 Å². The number of nitrogens with one attached hydrogen (secondary N) is 1. The number of benzene rings is 1. The molecule has 1 saturated heterocycles. The lowest BCUT2D eigenvalue weighted by Gasteiger charge is -2.26. The van der Waals surface area contributed by atoms with E-state index in [1.165, 1.54) is 0 Å². The van der Waals surface area contributed by atoms with E-state index in [4.69, 9.17) is 0 Å². The van der Waals surface area contributed by atoms with Crippen LogP contribution in [0.25, 0.3) is 0 Å². The second-order valence-corrected chi connectivity index (χ2v) is 5.01. The summed E-state index contributed by atoms with van der Waals surface area (Å²) in [6.45, 7) is 3.07. The van der Waals surface area contributed by atoms with Gasteiger partial charge in [0.2, 0.25) is 0 Å². The summed E-state index contributed by atoms with van der Waals surface area (Å²) in [5.74, 6) is -4.67. The summed E-state index contributed by atoms with van der Waals surface area (Å²) in [6, 6.07) is 1.83. The van der Waals surface area contributed by atoms with E-state index in [-0.39, 0.29) is 5.56 Å². The molecule has 1 unspecified atom stereocenters. The average molecular weight is 271 g/mol. The number of rotatable bonds is 4. The Morgan fingerprint density at radius 1 is 1.32 bits per heavy atom. The molecule has 19 heavy (non-hydrogen) atoms. The quantitative estimate of drug-likeness (QED) is 0.673. The molecule has 0 aliphatic carbocycles. The standard InChI is InChI=1S/C14H16F3NO/c1-2-5-14(6-7-18-8-14)13(19)9-3-4-10(15)12(17)11(9)16/h3-4,18H,2,5-8H2,1H3. The predicted molar refractivity (Wildman–Crippen MR) is 65.5 cm³/mol. The van der Waals surface area contributed by atoms with Crippen LogP contribution in [0.5, 0.6) is 0 Å². The van der Waals surface area contributed by atoms with Gasteiger partial charge in [0.1, 0.15) is 0 Å². The zero-order valence-corrected chi connectivity index (χ0v) is 10.7. The van der Waals surface area contributed by atoms with E-state index in [0.717, 1.165) is 18.6 Å². The van der Waals surface area contributed by atoms with Crippen molar-refractivity contribution in [3.05, 3.63) is 35.1 Å². The summed E-state index contributed by atoms with van der Waals surface area (Å²) >= 11 is 0. The number of carbonyl (C=O) groups is 1. The average Bonchev–Trinajstić information content (AvgIpc) is 2.86. The van der Waals surface area contributed by atoms with Crippen LogP contribution in [0.15, 0.2) is 12.1 Å².